The molecule has 3 atom stereocenters. The quantitative estimate of drug-likeness (QED) is 0.509. The molecule has 7 nitrogen and oxygen atoms in total. The number of aliphatic hydroxyl groups excluding tert-OH is 1. The summed E-state index contributed by atoms with van der Waals surface area (Å²) in [6.07, 6.45) is 10.3. The number of pyridine rings is 1. The molecule has 8 heteroatoms. The summed E-state index contributed by atoms with van der Waals surface area (Å²) in [6, 6.07) is 4.33. The van der Waals surface area contributed by atoms with Crippen molar-refractivity contribution in [2.75, 3.05) is 39.4 Å². The van der Waals surface area contributed by atoms with Crippen molar-refractivity contribution in [3.63, 3.8) is 0 Å². The van der Waals surface area contributed by atoms with Crippen molar-refractivity contribution in [1.29, 1.82) is 0 Å². The number of benzene rings is 1. The Hall–Kier alpha value is -2.81. The van der Waals surface area contributed by atoms with E-state index in [1.807, 2.05) is 23.9 Å². The molecule has 3 aromatic rings. The van der Waals surface area contributed by atoms with Crippen LogP contribution in [0.4, 0.5) is 4.39 Å². The highest BCUT2D eigenvalue weighted by atomic mass is 19.1. The number of hydrogen-bond donors (Lipinski definition) is 1. The number of hydrogen-bond acceptors (Lipinski definition) is 5. The number of fused-ring (bicyclic) bond motifs is 1. The van der Waals surface area contributed by atoms with Crippen molar-refractivity contribution in [1.82, 2.24) is 19.4 Å². The molecule has 3 aliphatic heterocycles. The van der Waals surface area contributed by atoms with Gasteiger partial charge in [-0.25, -0.2) is 4.39 Å². The summed E-state index contributed by atoms with van der Waals surface area (Å²) in [5.41, 5.74) is 4.23. The fourth-order valence-electron chi connectivity index (χ4n) is 6.98. The summed E-state index contributed by atoms with van der Waals surface area (Å²) in [4.78, 5) is 22.4. The van der Waals surface area contributed by atoms with Gasteiger partial charge in [0, 0.05) is 56.7 Å². The molecule has 3 saturated heterocycles. The van der Waals surface area contributed by atoms with Gasteiger partial charge in [0.15, 0.2) is 0 Å². The van der Waals surface area contributed by atoms with Crippen LogP contribution in [-0.2, 0) is 11.2 Å². The second-order valence-corrected chi connectivity index (χ2v) is 11.9. The third-order valence-corrected chi connectivity index (χ3v) is 8.98. The molecule has 0 bridgehead atoms. The topological polar surface area (TPSA) is 70.8 Å². The molecule has 2 aromatic heterocycles. The lowest BCUT2D eigenvalue weighted by Crippen LogP contribution is -2.35. The number of nitrogens with zero attached hydrogens (tertiary/aromatic N) is 4. The van der Waals surface area contributed by atoms with Gasteiger partial charge in [0.2, 0.25) is 0 Å². The maximum absolute atomic E-state index is 14.5. The van der Waals surface area contributed by atoms with Crippen molar-refractivity contribution < 1.29 is 19.0 Å². The normalized spacial score (nSPS) is 24.7. The SMILES string of the molecule is Cc1cncc2c1c(C[C@@H]1CCN(CC3CCOCC3)C1)cn2-c1ccc(F)cc1C(=O)N1C[C@H](O)C[C@H]1C. The Morgan fingerprint density at radius 3 is 2.74 bits per heavy atom. The van der Waals surface area contributed by atoms with Crippen LogP contribution < -0.4 is 0 Å². The van der Waals surface area contributed by atoms with Crippen LogP contribution in [0.25, 0.3) is 16.6 Å². The Balaban J connectivity index is 1.30. The van der Waals surface area contributed by atoms with Crippen LogP contribution >= 0.6 is 0 Å². The van der Waals surface area contributed by atoms with Gasteiger partial charge in [0.05, 0.1) is 29.1 Å². The summed E-state index contributed by atoms with van der Waals surface area (Å²) >= 11 is 0. The predicted octanol–water partition coefficient (Wildman–Crippen LogP) is 4.36. The molecule has 3 fully saturated rings. The Morgan fingerprint density at radius 2 is 1.97 bits per heavy atom. The molecule has 0 saturated carbocycles. The molecule has 1 amide bonds. The van der Waals surface area contributed by atoms with E-state index in [-0.39, 0.29) is 18.5 Å². The number of ether oxygens (including phenoxy) is 1. The number of likely N-dealkylation sites (tertiary alicyclic amines) is 2. The average Bonchev–Trinajstić information content (AvgIpc) is 3.62. The van der Waals surface area contributed by atoms with Gasteiger partial charge < -0.3 is 24.2 Å². The first-order valence-corrected chi connectivity index (χ1v) is 14.4. The summed E-state index contributed by atoms with van der Waals surface area (Å²) in [5.74, 6) is 0.604. The molecule has 0 unspecified atom stereocenters. The number of rotatable bonds is 6. The summed E-state index contributed by atoms with van der Waals surface area (Å²) in [5, 5.41) is 11.3. The van der Waals surface area contributed by atoms with Crippen LogP contribution in [0.3, 0.4) is 0 Å². The van der Waals surface area contributed by atoms with Gasteiger partial charge in [0.25, 0.3) is 5.91 Å². The zero-order valence-corrected chi connectivity index (χ0v) is 23.0. The standard InChI is InChI=1S/C31H39FN4O3/c1-20-14-33-15-29-30(20)24(12-23-5-8-34(17-23)16-22-6-9-39-10-7-22)18-36(29)28-4-3-25(32)13-27(28)31(38)35-19-26(37)11-21(35)2/h3-4,13-15,18,21-23,26,37H,5-12,16-17,19H2,1-2H3/t21-,23+,26-/m1/s1. The van der Waals surface area contributed by atoms with Crippen LogP contribution in [0.2, 0.25) is 0 Å². The zero-order valence-electron chi connectivity index (χ0n) is 23.0. The van der Waals surface area contributed by atoms with Crippen molar-refractivity contribution >= 4 is 16.8 Å². The van der Waals surface area contributed by atoms with Crippen molar-refractivity contribution in [3.05, 3.63) is 59.3 Å². The highest BCUT2D eigenvalue weighted by Crippen LogP contribution is 2.33. The molecule has 5 heterocycles. The number of aromatic nitrogens is 2. The molecule has 0 spiro atoms. The first-order chi connectivity index (χ1) is 18.9. The predicted molar refractivity (Wildman–Crippen MR) is 149 cm³/mol. The number of carbonyl (C=O) groups excluding carboxylic acids is 1. The fraction of sp³-hybridized carbons (Fsp3) is 0.548. The molecule has 6 rings (SSSR count). The van der Waals surface area contributed by atoms with Gasteiger partial charge in [-0.05, 0) is 93.7 Å². The van der Waals surface area contributed by atoms with Gasteiger partial charge in [-0.3, -0.25) is 9.78 Å². The number of carbonyl (C=O) groups is 1. The molecular formula is C31H39FN4O3. The van der Waals surface area contributed by atoms with E-state index in [0.717, 1.165) is 69.1 Å². The minimum atomic E-state index is -0.552. The number of aliphatic hydroxyl groups is 1. The van der Waals surface area contributed by atoms with Gasteiger partial charge in [0.1, 0.15) is 5.82 Å². The third-order valence-electron chi connectivity index (χ3n) is 8.98. The van der Waals surface area contributed by atoms with E-state index in [1.54, 1.807) is 11.0 Å². The van der Waals surface area contributed by atoms with Crippen LogP contribution in [0.1, 0.15) is 54.1 Å². The molecule has 1 aromatic carbocycles. The van der Waals surface area contributed by atoms with Gasteiger partial charge in [-0.1, -0.05) is 0 Å². The van der Waals surface area contributed by atoms with E-state index in [2.05, 4.69) is 23.0 Å². The number of aryl methyl sites for hydroxylation is 1. The maximum atomic E-state index is 14.5. The van der Waals surface area contributed by atoms with Crippen molar-refractivity contribution in [2.45, 2.75) is 58.1 Å². The molecule has 0 aliphatic carbocycles. The smallest absolute Gasteiger partial charge is 0.256 e. The largest absolute Gasteiger partial charge is 0.391 e. The Morgan fingerprint density at radius 1 is 1.15 bits per heavy atom. The molecule has 39 heavy (non-hydrogen) atoms. The van der Waals surface area contributed by atoms with Gasteiger partial charge >= 0.3 is 0 Å². The Labute approximate surface area is 229 Å². The van der Waals surface area contributed by atoms with Crippen molar-refractivity contribution in [2.24, 2.45) is 11.8 Å². The van der Waals surface area contributed by atoms with Crippen LogP contribution in [0, 0.1) is 24.6 Å². The van der Waals surface area contributed by atoms with Crippen LogP contribution in [-0.4, -0.2) is 81.9 Å². The molecule has 1 N–H and O–H groups in total. The second kappa shape index (κ2) is 11.0. The average molecular weight is 535 g/mol. The zero-order chi connectivity index (χ0) is 27.1. The fourth-order valence-corrected chi connectivity index (χ4v) is 6.98. The van der Waals surface area contributed by atoms with E-state index < -0.39 is 11.9 Å². The first-order valence-electron chi connectivity index (χ1n) is 14.4. The van der Waals surface area contributed by atoms with E-state index >= 15 is 0 Å². The Kier molecular flexibility index (Phi) is 7.44. The van der Waals surface area contributed by atoms with E-state index in [4.69, 9.17) is 4.74 Å². The lowest BCUT2D eigenvalue weighted by Gasteiger charge is -2.27. The number of halogens is 1. The van der Waals surface area contributed by atoms with E-state index in [0.29, 0.717) is 23.6 Å². The number of amides is 1. The maximum Gasteiger partial charge on any atom is 0.256 e. The van der Waals surface area contributed by atoms with Gasteiger partial charge in [-0.15, -0.1) is 0 Å². The molecule has 208 valence electrons. The van der Waals surface area contributed by atoms with Crippen LogP contribution in [0.15, 0.2) is 36.8 Å². The van der Waals surface area contributed by atoms with Crippen molar-refractivity contribution in [3.8, 4) is 5.69 Å². The lowest BCUT2D eigenvalue weighted by atomic mass is 9.97. The highest BCUT2D eigenvalue weighted by molar-refractivity contribution is 5.99. The molecule has 0 radical (unpaired) electrons. The summed E-state index contributed by atoms with van der Waals surface area (Å²) < 4.78 is 22.0. The first kappa shape index (κ1) is 26.4. The van der Waals surface area contributed by atoms with E-state index in [1.165, 1.54) is 29.5 Å². The van der Waals surface area contributed by atoms with E-state index in [9.17, 15) is 14.3 Å². The summed E-state index contributed by atoms with van der Waals surface area (Å²) in [6.45, 7) is 9.45. The van der Waals surface area contributed by atoms with Gasteiger partial charge in [-0.2, -0.15) is 0 Å². The minimum absolute atomic E-state index is 0.101. The third kappa shape index (κ3) is 5.34. The monoisotopic (exact) mass is 534 g/mol. The molecular weight excluding hydrogens is 495 g/mol. The second-order valence-electron chi connectivity index (χ2n) is 11.9. The highest BCUT2D eigenvalue weighted by Gasteiger charge is 2.33. The number of β-amino-alcohol motifs (C(OH)–C–C–N with tert-alkyl or cyclic N) is 1. The van der Waals surface area contributed by atoms with Crippen LogP contribution in [0.5, 0.6) is 0 Å². The minimum Gasteiger partial charge on any atom is -0.391 e. The Bertz CT molecular complexity index is 1350. The lowest BCUT2D eigenvalue weighted by molar-refractivity contribution is 0.0551. The summed E-state index contributed by atoms with van der Waals surface area (Å²) in [7, 11) is 0. The molecule has 3 aliphatic rings.